The molecule has 3 aromatic rings. The highest BCUT2D eigenvalue weighted by Gasteiger charge is 2.22. The second-order valence-electron chi connectivity index (χ2n) is 7.29. The summed E-state index contributed by atoms with van der Waals surface area (Å²) in [5.74, 6) is 0.0535. The van der Waals surface area contributed by atoms with Crippen LogP contribution in [0.2, 0.25) is 5.02 Å². The maximum atomic E-state index is 12.8. The molecule has 0 spiro atoms. The Morgan fingerprint density at radius 3 is 2.48 bits per heavy atom. The number of hydrogen-bond donors (Lipinski definition) is 2. The molecule has 172 valence electrons. The second kappa shape index (κ2) is 11.1. The van der Waals surface area contributed by atoms with Crippen molar-refractivity contribution in [2.75, 3.05) is 5.32 Å². The highest BCUT2D eigenvalue weighted by atomic mass is 35.5. The van der Waals surface area contributed by atoms with E-state index in [1.54, 1.807) is 60.1 Å². The Kier molecular flexibility index (Phi) is 8.24. The minimum absolute atomic E-state index is 0.0673. The minimum Gasteiger partial charge on any atom is -0.345 e. The molecule has 1 unspecified atom stereocenters. The number of halogens is 1. The fourth-order valence-electron chi connectivity index (χ4n) is 2.95. The number of nitrogens with one attached hydrogen (secondary N) is 2. The lowest BCUT2D eigenvalue weighted by atomic mass is 10.1. The van der Waals surface area contributed by atoms with E-state index in [1.807, 2.05) is 6.92 Å². The lowest BCUT2D eigenvalue weighted by Crippen LogP contribution is -2.25. The zero-order valence-corrected chi connectivity index (χ0v) is 20.0. The first-order chi connectivity index (χ1) is 15.8. The Bertz CT molecular complexity index is 1160. The van der Waals surface area contributed by atoms with Crippen LogP contribution in [0.25, 0.3) is 0 Å². The number of nitrogens with zero attached hydrogens (tertiary/aromatic N) is 3. The van der Waals surface area contributed by atoms with Crippen molar-refractivity contribution >= 4 is 46.6 Å². The van der Waals surface area contributed by atoms with Crippen molar-refractivity contribution < 1.29 is 14.4 Å². The van der Waals surface area contributed by atoms with Crippen LogP contribution in [0, 0.1) is 0 Å². The SMILES string of the molecule is CCC(Sc1nnc(CNC(=O)c2ccc(Cl)cc2)n1C)C(=O)Nc1cccc(C(C)=O)c1. The standard InChI is InChI=1S/C23H24ClN5O3S/c1-4-19(22(32)26-18-7-5-6-16(12-18)14(2)30)33-23-28-27-20(29(23)3)13-25-21(31)15-8-10-17(24)11-9-15/h5-12,19H,4,13H2,1-3H3,(H,25,31)(H,26,32). The maximum absolute atomic E-state index is 12.8. The van der Waals surface area contributed by atoms with Crippen LogP contribution in [0.3, 0.4) is 0 Å². The molecule has 0 aliphatic heterocycles. The molecule has 0 aliphatic carbocycles. The Morgan fingerprint density at radius 2 is 1.82 bits per heavy atom. The van der Waals surface area contributed by atoms with Gasteiger partial charge >= 0.3 is 0 Å². The molecule has 0 saturated carbocycles. The Balaban J connectivity index is 1.62. The van der Waals surface area contributed by atoms with Crippen LogP contribution in [-0.2, 0) is 18.4 Å². The summed E-state index contributed by atoms with van der Waals surface area (Å²) in [6, 6.07) is 13.4. The van der Waals surface area contributed by atoms with E-state index in [-0.39, 0.29) is 24.1 Å². The molecular weight excluding hydrogens is 462 g/mol. The van der Waals surface area contributed by atoms with Gasteiger partial charge in [0.05, 0.1) is 11.8 Å². The van der Waals surface area contributed by atoms with Gasteiger partial charge in [-0.15, -0.1) is 10.2 Å². The van der Waals surface area contributed by atoms with Crippen LogP contribution in [0.15, 0.2) is 53.7 Å². The van der Waals surface area contributed by atoms with Gasteiger partial charge in [-0.25, -0.2) is 0 Å². The highest BCUT2D eigenvalue weighted by Crippen LogP contribution is 2.25. The molecule has 1 atom stereocenters. The molecule has 8 nitrogen and oxygen atoms in total. The molecule has 33 heavy (non-hydrogen) atoms. The van der Waals surface area contributed by atoms with Gasteiger partial charge < -0.3 is 15.2 Å². The van der Waals surface area contributed by atoms with E-state index < -0.39 is 5.25 Å². The third-order valence-electron chi connectivity index (χ3n) is 4.89. The maximum Gasteiger partial charge on any atom is 0.251 e. The first kappa shape index (κ1) is 24.5. The third-order valence-corrected chi connectivity index (χ3v) is 6.54. The molecule has 2 N–H and O–H groups in total. The van der Waals surface area contributed by atoms with Gasteiger partial charge in [-0.1, -0.05) is 42.4 Å². The van der Waals surface area contributed by atoms with E-state index in [9.17, 15) is 14.4 Å². The predicted octanol–water partition coefficient (Wildman–Crippen LogP) is 4.11. The second-order valence-corrected chi connectivity index (χ2v) is 8.89. The Morgan fingerprint density at radius 1 is 1.09 bits per heavy atom. The van der Waals surface area contributed by atoms with Crippen molar-refractivity contribution in [2.24, 2.45) is 7.05 Å². The van der Waals surface area contributed by atoms with Crippen LogP contribution in [0.4, 0.5) is 5.69 Å². The fourth-order valence-corrected chi connectivity index (χ4v) is 4.02. The number of aromatic nitrogens is 3. The van der Waals surface area contributed by atoms with E-state index in [4.69, 9.17) is 11.6 Å². The molecule has 2 aromatic carbocycles. The topological polar surface area (TPSA) is 106 Å². The zero-order chi connectivity index (χ0) is 24.0. The van der Waals surface area contributed by atoms with Gasteiger partial charge in [0.1, 0.15) is 0 Å². The highest BCUT2D eigenvalue weighted by molar-refractivity contribution is 8.00. The number of Topliss-reactive ketones (excluding diaryl/α,β-unsaturated/α-hetero) is 1. The molecular formula is C23H24ClN5O3S. The number of anilines is 1. The summed E-state index contributed by atoms with van der Waals surface area (Å²) in [6.07, 6.45) is 0.568. The van der Waals surface area contributed by atoms with Crippen molar-refractivity contribution in [3.05, 3.63) is 70.5 Å². The number of thioether (sulfide) groups is 1. The van der Waals surface area contributed by atoms with Gasteiger partial charge in [0.2, 0.25) is 5.91 Å². The minimum atomic E-state index is -0.412. The van der Waals surface area contributed by atoms with Crippen LogP contribution < -0.4 is 10.6 Å². The summed E-state index contributed by atoms with van der Waals surface area (Å²) in [7, 11) is 1.78. The van der Waals surface area contributed by atoms with E-state index in [0.29, 0.717) is 39.2 Å². The largest absolute Gasteiger partial charge is 0.345 e. The predicted molar refractivity (Wildman–Crippen MR) is 129 cm³/mol. The summed E-state index contributed by atoms with van der Waals surface area (Å²) in [6.45, 7) is 3.58. The van der Waals surface area contributed by atoms with Gasteiger partial charge in [0, 0.05) is 28.9 Å². The van der Waals surface area contributed by atoms with E-state index in [1.165, 1.54) is 18.7 Å². The lowest BCUT2D eigenvalue weighted by Gasteiger charge is -2.14. The Hall–Kier alpha value is -3.17. The average Bonchev–Trinajstić information content (AvgIpc) is 3.15. The fraction of sp³-hybridized carbons (Fsp3) is 0.261. The molecule has 0 saturated heterocycles. The van der Waals surface area contributed by atoms with Crippen molar-refractivity contribution in [2.45, 2.75) is 37.2 Å². The van der Waals surface area contributed by atoms with Gasteiger partial charge in [-0.3, -0.25) is 14.4 Å². The molecule has 3 rings (SSSR count). The number of hydrogen-bond acceptors (Lipinski definition) is 6. The third kappa shape index (κ3) is 6.43. The van der Waals surface area contributed by atoms with E-state index in [2.05, 4.69) is 20.8 Å². The van der Waals surface area contributed by atoms with Crippen molar-refractivity contribution in [3.63, 3.8) is 0 Å². The smallest absolute Gasteiger partial charge is 0.251 e. The summed E-state index contributed by atoms with van der Waals surface area (Å²) < 4.78 is 1.75. The van der Waals surface area contributed by atoms with E-state index in [0.717, 1.165) is 0 Å². The quantitative estimate of drug-likeness (QED) is 0.349. The summed E-state index contributed by atoms with van der Waals surface area (Å²) >= 11 is 7.14. The molecule has 0 aliphatic rings. The molecule has 1 heterocycles. The summed E-state index contributed by atoms with van der Waals surface area (Å²) in [5, 5.41) is 14.7. The molecule has 2 amide bonds. The number of carbonyl (C=O) groups is 3. The number of ketones is 1. The van der Waals surface area contributed by atoms with Crippen LogP contribution in [-0.4, -0.2) is 37.6 Å². The number of benzene rings is 2. The summed E-state index contributed by atoms with van der Waals surface area (Å²) in [5.41, 5.74) is 1.59. The number of carbonyl (C=O) groups excluding carboxylic acids is 3. The van der Waals surface area contributed by atoms with Crippen LogP contribution in [0.1, 0.15) is 46.8 Å². The first-order valence-electron chi connectivity index (χ1n) is 10.3. The average molecular weight is 486 g/mol. The summed E-state index contributed by atoms with van der Waals surface area (Å²) in [4.78, 5) is 36.7. The van der Waals surface area contributed by atoms with Crippen molar-refractivity contribution in [3.8, 4) is 0 Å². The molecule has 1 aromatic heterocycles. The van der Waals surface area contributed by atoms with Gasteiger partial charge in [0.15, 0.2) is 16.8 Å². The molecule has 0 fully saturated rings. The monoisotopic (exact) mass is 485 g/mol. The molecule has 10 heteroatoms. The van der Waals surface area contributed by atoms with Crippen LogP contribution in [0.5, 0.6) is 0 Å². The van der Waals surface area contributed by atoms with Gasteiger partial charge in [-0.2, -0.15) is 0 Å². The molecule has 0 radical (unpaired) electrons. The zero-order valence-electron chi connectivity index (χ0n) is 18.5. The molecule has 0 bridgehead atoms. The van der Waals surface area contributed by atoms with Crippen LogP contribution >= 0.6 is 23.4 Å². The van der Waals surface area contributed by atoms with Gasteiger partial charge in [-0.05, 0) is 49.7 Å². The normalized spacial score (nSPS) is 11.6. The van der Waals surface area contributed by atoms with Crippen molar-refractivity contribution in [1.29, 1.82) is 0 Å². The lowest BCUT2D eigenvalue weighted by molar-refractivity contribution is -0.115. The van der Waals surface area contributed by atoms with Gasteiger partial charge in [0.25, 0.3) is 5.91 Å². The number of amides is 2. The number of rotatable bonds is 9. The first-order valence-corrected chi connectivity index (χ1v) is 11.5. The van der Waals surface area contributed by atoms with E-state index >= 15 is 0 Å². The van der Waals surface area contributed by atoms with Crippen molar-refractivity contribution in [1.82, 2.24) is 20.1 Å². The Labute approximate surface area is 201 Å².